The van der Waals surface area contributed by atoms with Crippen LogP contribution in [-0.2, 0) is 20.0 Å². The van der Waals surface area contributed by atoms with Gasteiger partial charge in [0.15, 0.2) is 0 Å². The van der Waals surface area contributed by atoms with Gasteiger partial charge in [-0.05, 0) is 70.1 Å². The molecule has 2 rings (SSSR count). The number of rotatable bonds is 9. The second-order valence-electron chi connectivity index (χ2n) is 7.65. The molecule has 8 nitrogen and oxygen atoms in total. The molecule has 0 aromatic heterocycles. The third kappa shape index (κ3) is 7.40. The third-order valence-electron chi connectivity index (χ3n) is 5.52. The summed E-state index contributed by atoms with van der Waals surface area (Å²) in [7, 11) is -6.41. The van der Waals surface area contributed by atoms with Gasteiger partial charge in [-0.25, -0.2) is 25.9 Å². The lowest BCUT2D eigenvalue weighted by Crippen LogP contribution is -2.43. The standard InChI is InChI=1S/C16H34N4O4S2/c1-25(21,22)18-14-16-5-10-20(11-6-16)26(23,24)12-2-7-19-8-3-15(13-17)4-9-19/h15-16,18H,2-14,17H2,1H3. The fourth-order valence-electron chi connectivity index (χ4n) is 3.71. The summed E-state index contributed by atoms with van der Waals surface area (Å²) in [4.78, 5) is 2.34. The maximum atomic E-state index is 12.5. The number of nitrogens with zero attached hydrogens (tertiary/aromatic N) is 2. The summed E-state index contributed by atoms with van der Waals surface area (Å²) < 4.78 is 51.5. The van der Waals surface area contributed by atoms with Crippen molar-refractivity contribution < 1.29 is 16.8 Å². The highest BCUT2D eigenvalue weighted by Gasteiger charge is 2.28. The van der Waals surface area contributed by atoms with Gasteiger partial charge in [-0.15, -0.1) is 0 Å². The molecule has 0 atom stereocenters. The third-order valence-corrected chi connectivity index (χ3v) is 8.17. The lowest BCUT2D eigenvalue weighted by Gasteiger charge is -2.32. The van der Waals surface area contributed by atoms with Crippen molar-refractivity contribution in [3.63, 3.8) is 0 Å². The minimum absolute atomic E-state index is 0.191. The van der Waals surface area contributed by atoms with Gasteiger partial charge in [0.25, 0.3) is 0 Å². The highest BCUT2D eigenvalue weighted by Crippen LogP contribution is 2.20. The molecule has 0 radical (unpaired) electrons. The van der Waals surface area contributed by atoms with Crippen molar-refractivity contribution in [3.05, 3.63) is 0 Å². The Kier molecular flexibility index (Phi) is 8.30. The van der Waals surface area contributed by atoms with Crippen LogP contribution < -0.4 is 10.5 Å². The first-order valence-electron chi connectivity index (χ1n) is 9.54. The van der Waals surface area contributed by atoms with Gasteiger partial charge in [0, 0.05) is 19.6 Å². The lowest BCUT2D eigenvalue weighted by molar-refractivity contribution is 0.188. The number of hydrogen-bond donors (Lipinski definition) is 2. The number of sulfonamides is 2. The molecule has 2 saturated heterocycles. The summed E-state index contributed by atoms with van der Waals surface area (Å²) in [6.07, 6.45) is 5.43. The first-order chi connectivity index (χ1) is 12.2. The Morgan fingerprint density at radius 3 is 2.08 bits per heavy atom. The van der Waals surface area contributed by atoms with Gasteiger partial charge in [0.1, 0.15) is 0 Å². The zero-order chi connectivity index (χ0) is 19.2. The summed E-state index contributed by atoms with van der Waals surface area (Å²) >= 11 is 0. The predicted molar refractivity (Wildman–Crippen MR) is 104 cm³/mol. The molecule has 0 aromatic carbocycles. The van der Waals surface area contributed by atoms with Crippen molar-refractivity contribution in [1.29, 1.82) is 0 Å². The van der Waals surface area contributed by atoms with E-state index >= 15 is 0 Å². The Bertz CT molecular complexity index is 623. The van der Waals surface area contributed by atoms with Crippen LogP contribution in [0.3, 0.4) is 0 Å². The fourth-order valence-corrected chi connectivity index (χ4v) is 5.76. The smallest absolute Gasteiger partial charge is 0.214 e. The summed E-state index contributed by atoms with van der Waals surface area (Å²) in [6.45, 7) is 4.97. The van der Waals surface area contributed by atoms with E-state index in [0.717, 1.165) is 45.3 Å². The van der Waals surface area contributed by atoms with Crippen LogP contribution in [-0.4, -0.2) is 83.9 Å². The molecule has 0 aliphatic carbocycles. The SMILES string of the molecule is CS(=O)(=O)NCC1CCN(S(=O)(=O)CCCN2CCC(CN)CC2)CC1. The first-order valence-corrected chi connectivity index (χ1v) is 13.0. The van der Waals surface area contributed by atoms with Gasteiger partial charge in [-0.3, -0.25) is 0 Å². The Labute approximate surface area is 158 Å². The summed E-state index contributed by atoms with van der Waals surface area (Å²) in [5.41, 5.74) is 5.70. The molecule has 0 spiro atoms. The highest BCUT2D eigenvalue weighted by molar-refractivity contribution is 7.89. The van der Waals surface area contributed by atoms with Crippen LogP contribution in [0.5, 0.6) is 0 Å². The molecule has 0 bridgehead atoms. The molecular weight excluding hydrogens is 376 g/mol. The topological polar surface area (TPSA) is 113 Å². The number of nitrogens with one attached hydrogen (secondary N) is 1. The molecule has 10 heteroatoms. The van der Waals surface area contributed by atoms with Crippen molar-refractivity contribution in [1.82, 2.24) is 13.9 Å². The molecule has 0 unspecified atom stereocenters. The Balaban J connectivity index is 1.67. The number of hydrogen-bond acceptors (Lipinski definition) is 6. The normalized spacial score (nSPS) is 22.7. The van der Waals surface area contributed by atoms with Crippen LogP contribution in [0, 0.1) is 11.8 Å². The van der Waals surface area contributed by atoms with Crippen LogP contribution in [0.4, 0.5) is 0 Å². The van der Waals surface area contributed by atoms with Crippen LogP contribution in [0.15, 0.2) is 0 Å². The zero-order valence-electron chi connectivity index (χ0n) is 15.8. The van der Waals surface area contributed by atoms with E-state index < -0.39 is 20.0 Å². The van der Waals surface area contributed by atoms with Crippen molar-refractivity contribution >= 4 is 20.0 Å². The minimum Gasteiger partial charge on any atom is -0.330 e. The van der Waals surface area contributed by atoms with Crippen molar-refractivity contribution in [2.75, 3.05) is 57.8 Å². The molecule has 3 N–H and O–H groups in total. The number of likely N-dealkylation sites (tertiary alicyclic amines) is 1. The summed E-state index contributed by atoms with van der Waals surface area (Å²) in [6, 6.07) is 0. The molecule has 2 aliphatic heterocycles. The molecular formula is C16H34N4O4S2. The van der Waals surface area contributed by atoms with Crippen LogP contribution in [0.2, 0.25) is 0 Å². The van der Waals surface area contributed by atoms with Crippen molar-refractivity contribution in [3.8, 4) is 0 Å². The highest BCUT2D eigenvalue weighted by atomic mass is 32.2. The average molecular weight is 411 g/mol. The lowest BCUT2D eigenvalue weighted by atomic mass is 9.97. The largest absolute Gasteiger partial charge is 0.330 e. The van der Waals surface area contributed by atoms with E-state index in [1.54, 1.807) is 4.31 Å². The predicted octanol–water partition coefficient (Wildman–Crippen LogP) is -0.362. The van der Waals surface area contributed by atoms with E-state index in [1.807, 2.05) is 0 Å². The quantitative estimate of drug-likeness (QED) is 0.537. The molecule has 0 saturated carbocycles. The monoisotopic (exact) mass is 410 g/mol. The van der Waals surface area contributed by atoms with Gasteiger partial charge < -0.3 is 10.6 Å². The number of piperidine rings is 2. The molecule has 26 heavy (non-hydrogen) atoms. The molecule has 2 fully saturated rings. The summed E-state index contributed by atoms with van der Waals surface area (Å²) in [5.74, 6) is 1.02. The van der Waals surface area contributed by atoms with E-state index in [9.17, 15) is 16.8 Å². The van der Waals surface area contributed by atoms with E-state index in [2.05, 4.69) is 9.62 Å². The van der Waals surface area contributed by atoms with Crippen LogP contribution in [0.1, 0.15) is 32.1 Å². The maximum absolute atomic E-state index is 12.5. The maximum Gasteiger partial charge on any atom is 0.214 e. The molecule has 0 amide bonds. The van der Waals surface area contributed by atoms with Gasteiger partial charge in [0.05, 0.1) is 12.0 Å². The fraction of sp³-hybridized carbons (Fsp3) is 1.00. The van der Waals surface area contributed by atoms with E-state index in [-0.39, 0.29) is 11.7 Å². The summed E-state index contributed by atoms with van der Waals surface area (Å²) in [5, 5.41) is 0. The second-order valence-corrected chi connectivity index (χ2v) is 11.6. The molecule has 154 valence electrons. The Hall–Kier alpha value is -0.260. The van der Waals surface area contributed by atoms with Gasteiger partial charge in [-0.2, -0.15) is 0 Å². The Morgan fingerprint density at radius 1 is 0.962 bits per heavy atom. The van der Waals surface area contributed by atoms with E-state index in [0.29, 0.717) is 44.8 Å². The molecule has 0 aromatic rings. The van der Waals surface area contributed by atoms with E-state index in [1.165, 1.54) is 0 Å². The van der Waals surface area contributed by atoms with Crippen LogP contribution in [0.25, 0.3) is 0 Å². The van der Waals surface area contributed by atoms with Crippen molar-refractivity contribution in [2.24, 2.45) is 17.6 Å². The van der Waals surface area contributed by atoms with Gasteiger partial charge >= 0.3 is 0 Å². The van der Waals surface area contributed by atoms with E-state index in [4.69, 9.17) is 5.73 Å². The molecule has 2 aliphatic rings. The second kappa shape index (κ2) is 9.79. The van der Waals surface area contributed by atoms with Gasteiger partial charge in [0.2, 0.25) is 20.0 Å². The van der Waals surface area contributed by atoms with Gasteiger partial charge in [-0.1, -0.05) is 0 Å². The average Bonchev–Trinajstić information content (AvgIpc) is 2.60. The molecule has 2 heterocycles. The van der Waals surface area contributed by atoms with Crippen LogP contribution >= 0.6 is 0 Å². The van der Waals surface area contributed by atoms with Crippen molar-refractivity contribution in [2.45, 2.75) is 32.1 Å². The minimum atomic E-state index is -3.22. The Morgan fingerprint density at radius 2 is 1.54 bits per heavy atom. The first kappa shape index (κ1) is 22.0. The number of nitrogens with two attached hydrogens (primary N) is 1. The zero-order valence-corrected chi connectivity index (χ0v) is 17.4.